The Morgan fingerprint density at radius 1 is 1.04 bits per heavy atom. The molecular formula is C19H16ClN3O4S. The monoisotopic (exact) mass is 417 g/mol. The predicted molar refractivity (Wildman–Crippen MR) is 107 cm³/mol. The van der Waals surface area contributed by atoms with E-state index < -0.39 is 15.9 Å². The standard InChI is InChI=1S/C19H16ClN3O4S/c1-27-18-10-9-16(12-21-18)22-19(24)13-3-2-4-17(11-13)28(25,26)23-15-7-5-14(20)6-8-15/h2-12,23H,1H3,(H,22,24). The van der Waals surface area contributed by atoms with Gasteiger partial charge in [0.25, 0.3) is 15.9 Å². The van der Waals surface area contributed by atoms with Crippen molar-refractivity contribution in [2.24, 2.45) is 0 Å². The van der Waals surface area contributed by atoms with Crippen molar-refractivity contribution < 1.29 is 17.9 Å². The lowest BCUT2D eigenvalue weighted by Gasteiger charge is -2.10. The second-order valence-corrected chi connectivity index (χ2v) is 7.80. The first-order valence-corrected chi connectivity index (χ1v) is 9.93. The first-order chi connectivity index (χ1) is 13.4. The van der Waals surface area contributed by atoms with Crippen molar-refractivity contribution in [2.75, 3.05) is 17.1 Å². The normalized spacial score (nSPS) is 10.9. The Morgan fingerprint density at radius 2 is 1.75 bits per heavy atom. The van der Waals surface area contributed by atoms with Crippen LogP contribution in [-0.4, -0.2) is 26.4 Å². The Bertz CT molecular complexity index is 1080. The lowest BCUT2D eigenvalue weighted by Crippen LogP contribution is -2.16. The Kier molecular flexibility index (Phi) is 5.81. The van der Waals surface area contributed by atoms with Crippen LogP contribution in [-0.2, 0) is 10.0 Å². The van der Waals surface area contributed by atoms with Crippen LogP contribution in [0.4, 0.5) is 11.4 Å². The van der Waals surface area contributed by atoms with Crippen LogP contribution in [0.1, 0.15) is 10.4 Å². The topological polar surface area (TPSA) is 97.4 Å². The summed E-state index contributed by atoms with van der Waals surface area (Å²) in [6.07, 6.45) is 1.44. The molecule has 144 valence electrons. The molecule has 0 atom stereocenters. The summed E-state index contributed by atoms with van der Waals surface area (Å²) in [6.45, 7) is 0. The summed E-state index contributed by atoms with van der Waals surface area (Å²) in [4.78, 5) is 16.4. The molecular weight excluding hydrogens is 402 g/mol. The number of sulfonamides is 1. The average Bonchev–Trinajstić information content (AvgIpc) is 2.70. The molecule has 28 heavy (non-hydrogen) atoms. The highest BCUT2D eigenvalue weighted by atomic mass is 35.5. The van der Waals surface area contributed by atoms with Crippen LogP contribution < -0.4 is 14.8 Å². The third-order valence-electron chi connectivity index (χ3n) is 3.71. The molecule has 2 N–H and O–H groups in total. The second-order valence-electron chi connectivity index (χ2n) is 5.68. The third-order valence-corrected chi connectivity index (χ3v) is 5.34. The molecule has 0 bridgehead atoms. The summed E-state index contributed by atoms with van der Waals surface area (Å²) >= 11 is 5.81. The molecule has 3 rings (SSSR count). The van der Waals surface area contributed by atoms with Crippen LogP contribution in [0.3, 0.4) is 0 Å². The van der Waals surface area contributed by atoms with Gasteiger partial charge in [-0.25, -0.2) is 13.4 Å². The van der Waals surface area contributed by atoms with E-state index in [1.54, 1.807) is 36.4 Å². The van der Waals surface area contributed by atoms with Crippen molar-refractivity contribution in [3.63, 3.8) is 0 Å². The number of carbonyl (C=O) groups excluding carboxylic acids is 1. The molecule has 0 aliphatic carbocycles. The molecule has 0 saturated carbocycles. The van der Waals surface area contributed by atoms with Crippen molar-refractivity contribution in [3.8, 4) is 5.88 Å². The van der Waals surface area contributed by atoms with E-state index in [1.807, 2.05) is 0 Å². The highest BCUT2D eigenvalue weighted by Gasteiger charge is 2.17. The van der Waals surface area contributed by atoms with Crippen molar-refractivity contribution in [2.45, 2.75) is 4.90 Å². The maximum absolute atomic E-state index is 12.6. The summed E-state index contributed by atoms with van der Waals surface area (Å²) in [7, 11) is -2.38. The maximum atomic E-state index is 12.6. The van der Waals surface area contributed by atoms with Crippen molar-refractivity contribution in [1.29, 1.82) is 0 Å². The Morgan fingerprint density at radius 3 is 2.39 bits per heavy atom. The summed E-state index contributed by atoms with van der Waals surface area (Å²) in [6, 6.07) is 15.2. The zero-order chi connectivity index (χ0) is 20.1. The zero-order valence-electron chi connectivity index (χ0n) is 14.7. The van der Waals surface area contributed by atoms with E-state index in [2.05, 4.69) is 15.0 Å². The van der Waals surface area contributed by atoms with Crippen LogP contribution in [0.5, 0.6) is 5.88 Å². The van der Waals surface area contributed by atoms with Gasteiger partial charge in [-0.3, -0.25) is 9.52 Å². The number of aromatic nitrogens is 1. The molecule has 3 aromatic rings. The van der Waals surface area contributed by atoms with Crippen LogP contribution >= 0.6 is 11.6 Å². The van der Waals surface area contributed by atoms with Gasteiger partial charge in [0.05, 0.1) is 23.9 Å². The van der Waals surface area contributed by atoms with Gasteiger partial charge in [-0.1, -0.05) is 17.7 Å². The molecule has 2 aromatic carbocycles. The number of ether oxygens (including phenoxy) is 1. The fourth-order valence-corrected chi connectivity index (χ4v) is 3.54. The zero-order valence-corrected chi connectivity index (χ0v) is 16.3. The van der Waals surface area contributed by atoms with Gasteiger partial charge in [-0.2, -0.15) is 0 Å². The van der Waals surface area contributed by atoms with Gasteiger partial charge in [0.2, 0.25) is 5.88 Å². The fourth-order valence-electron chi connectivity index (χ4n) is 2.31. The number of halogens is 1. The van der Waals surface area contributed by atoms with E-state index in [-0.39, 0.29) is 10.5 Å². The van der Waals surface area contributed by atoms with Crippen LogP contribution in [0.2, 0.25) is 5.02 Å². The number of hydrogen-bond donors (Lipinski definition) is 2. The average molecular weight is 418 g/mol. The van der Waals surface area contributed by atoms with Crippen molar-refractivity contribution >= 4 is 38.9 Å². The SMILES string of the molecule is COc1ccc(NC(=O)c2cccc(S(=O)(=O)Nc3ccc(Cl)cc3)c2)cn1. The quantitative estimate of drug-likeness (QED) is 0.635. The smallest absolute Gasteiger partial charge is 0.261 e. The van der Waals surface area contributed by atoms with Gasteiger partial charge < -0.3 is 10.1 Å². The summed E-state index contributed by atoms with van der Waals surface area (Å²) in [5.41, 5.74) is 1.01. The lowest BCUT2D eigenvalue weighted by atomic mass is 10.2. The van der Waals surface area contributed by atoms with Crippen LogP contribution in [0.25, 0.3) is 0 Å². The van der Waals surface area contributed by atoms with E-state index >= 15 is 0 Å². The minimum absolute atomic E-state index is 0.0389. The van der Waals surface area contributed by atoms with E-state index in [0.29, 0.717) is 22.3 Å². The van der Waals surface area contributed by atoms with E-state index in [4.69, 9.17) is 16.3 Å². The third kappa shape index (κ3) is 4.79. The number of carbonyl (C=O) groups is 1. The van der Waals surface area contributed by atoms with Gasteiger partial charge >= 0.3 is 0 Å². The molecule has 0 aliphatic rings. The molecule has 1 heterocycles. The minimum atomic E-state index is -3.87. The highest BCUT2D eigenvalue weighted by Crippen LogP contribution is 2.20. The number of nitrogens with one attached hydrogen (secondary N) is 2. The minimum Gasteiger partial charge on any atom is -0.481 e. The van der Waals surface area contributed by atoms with Crippen molar-refractivity contribution in [3.05, 3.63) is 77.4 Å². The Labute approximate surface area is 167 Å². The molecule has 0 radical (unpaired) electrons. The Balaban J connectivity index is 1.78. The number of benzene rings is 2. The largest absolute Gasteiger partial charge is 0.481 e. The number of nitrogens with zero attached hydrogens (tertiary/aromatic N) is 1. The van der Waals surface area contributed by atoms with Gasteiger partial charge in [-0.05, 0) is 48.5 Å². The van der Waals surface area contributed by atoms with Crippen molar-refractivity contribution in [1.82, 2.24) is 4.98 Å². The number of hydrogen-bond acceptors (Lipinski definition) is 5. The molecule has 0 saturated heterocycles. The molecule has 0 unspecified atom stereocenters. The fraction of sp³-hybridized carbons (Fsp3) is 0.0526. The van der Waals surface area contributed by atoms with Gasteiger partial charge in [0, 0.05) is 22.3 Å². The molecule has 1 aromatic heterocycles. The van der Waals surface area contributed by atoms with Gasteiger partial charge in [0.15, 0.2) is 0 Å². The van der Waals surface area contributed by atoms with E-state index in [9.17, 15) is 13.2 Å². The number of rotatable bonds is 6. The number of anilines is 2. The molecule has 0 spiro atoms. The molecule has 0 aliphatic heterocycles. The van der Waals surface area contributed by atoms with Crippen LogP contribution in [0, 0.1) is 0 Å². The van der Waals surface area contributed by atoms with E-state index in [1.165, 1.54) is 37.6 Å². The highest BCUT2D eigenvalue weighted by molar-refractivity contribution is 7.92. The number of amides is 1. The Hall–Kier alpha value is -3.10. The van der Waals surface area contributed by atoms with Gasteiger partial charge in [0.1, 0.15) is 0 Å². The van der Waals surface area contributed by atoms with Gasteiger partial charge in [-0.15, -0.1) is 0 Å². The summed E-state index contributed by atoms with van der Waals surface area (Å²) < 4.78 is 32.6. The summed E-state index contributed by atoms with van der Waals surface area (Å²) in [5.74, 6) is -0.0464. The van der Waals surface area contributed by atoms with Crippen LogP contribution in [0.15, 0.2) is 71.8 Å². The first-order valence-electron chi connectivity index (χ1n) is 8.07. The summed E-state index contributed by atoms with van der Waals surface area (Å²) in [5, 5.41) is 3.15. The predicted octanol–water partition coefficient (Wildman–Crippen LogP) is 3.80. The van der Waals surface area contributed by atoms with E-state index in [0.717, 1.165) is 0 Å². The molecule has 9 heteroatoms. The molecule has 1 amide bonds. The molecule has 7 nitrogen and oxygen atoms in total. The first kappa shape index (κ1) is 19.7. The number of methoxy groups -OCH3 is 1. The second kappa shape index (κ2) is 8.28. The lowest BCUT2D eigenvalue weighted by molar-refractivity contribution is 0.102. The molecule has 0 fully saturated rings. The number of pyridine rings is 1. The maximum Gasteiger partial charge on any atom is 0.261 e.